The van der Waals surface area contributed by atoms with E-state index in [1.54, 1.807) is 6.20 Å². The second-order valence-corrected chi connectivity index (χ2v) is 7.24. The summed E-state index contributed by atoms with van der Waals surface area (Å²) in [4.78, 5) is 11.1. The minimum atomic E-state index is 0.534. The molecule has 0 spiro atoms. The topological polar surface area (TPSA) is 94.3 Å². The first-order chi connectivity index (χ1) is 14.9. The Balaban J connectivity index is 1.15. The van der Waals surface area contributed by atoms with E-state index in [4.69, 9.17) is 0 Å². The minimum Gasteiger partial charge on any atom is -0.368 e. The lowest BCUT2D eigenvalue weighted by atomic mass is 10.1. The normalized spacial score (nSPS) is 11.2. The summed E-state index contributed by atoms with van der Waals surface area (Å²) in [5, 5.41) is 17.3. The summed E-state index contributed by atoms with van der Waals surface area (Å²) in [5.74, 6) is 1.26. The van der Waals surface area contributed by atoms with Crippen LogP contribution in [0.4, 0.5) is 11.8 Å². The van der Waals surface area contributed by atoms with Gasteiger partial charge < -0.3 is 20.6 Å². The molecule has 3 heterocycles. The van der Waals surface area contributed by atoms with Crippen LogP contribution in [0.1, 0.15) is 11.1 Å². The predicted octanol–water partition coefficient (Wildman–Crippen LogP) is 4.14. The molecule has 5 aromatic rings. The first-order valence-electron chi connectivity index (χ1n) is 10.1. The summed E-state index contributed by atoms with van der Waals surface area (Å²) < 4.78 is 0. The number of nitrogens with one attached hydrogen (secondary N) is 4. The maximum atomic E-state index is 4.52. The van der Waals surface area contributed by atoms with Crippen molar-refractivity contribution < 1.29 is 0 Å². The third-order valence-electron chi connectivity index (χ3n) is 5.29. The summed E-state index contributed by atoms with van der Waals surface area (Å²) >= 11 is 0. The molecular formula is C23H23N7. The Morgan fingerprint density at radius 3 is 2.00 bits per heavy atom. The smallest absolute Gasteiger partial charge is 0.244 e. The number of hydrogen-bond donors (Lipinski definition) is 4. The van der Waals surface area contributed by atoms with Crippen molar-refractivity contribution in [3.05, 3.63) is 78.2 Å². The molecule has 0 unspecified atom stereocenters. The molecule has 0 aliphatic heterocycles. The Kier molecular flexibility index (Phi) is 4.99. The van der Waals surface area contributed by atoms with E-state index in [9.17, 15) is 0 Å². The number of para-hydroxylation sites is 2. The summed E-state index contributed by atoms with van der Waals surface area (Å²) in [7, 11) is 0. The molecule has 0 radical (unpaired) electrons. The van der Waals surface area contributed by atoms with Crippen molar-refractivity contribution in [3.8, 4) is 0 Å². The van der Waals surface area contributed by atoms with Crippen LogP contribution < -0.4 is 10.6 Å². The zero-order valence-electron chi connectivity index (χ0n) is 16.5. The molecule has 0 bridgehead atoms. The lowest BCUT2D eigenvalue weighted by Crippen LogP contribution is -2.11. The number of hydrogen-bond acceptors (Lipinski definition) is 5. The van der Waals surface area contributed by atoms with Gasteiger partial charge in [0.2, 0.25) is 5.95 Å². The van der Waals surface area contributed by atoms with Gasteiger partial charge in [-0.25, -0.2) is 0 Å². The number of H-pyrrole nitrogens is 2. The Hall–Kier alpha value is -3.87. The fourth-order valence-corrected chi connectivity index (χ4v) is 3.77. The maximum Gasteiger partial charge on any atom is 0.244 e. The zero-order valence-corrected chi connectivity index (χ0v) is 16.5. The van der Waals surface area contributed by atoms with Gasteiger partial charge >= 0.3 is 0 Å². The molecule has 2 aromatic carbocycles. The molecule has 0 aliphatic carbocycles. The van der Waals surface area contributed by atoms with Crippen LogP contribution in [0.2, 0.25) is 0 Å². The van der Waals surface area contributed by atoms with Crippen molar-refractivity contribution in [1.82, 2.24) is 25.1 Å². The summed E-state index contributed by atoms with van der Waals surface area (Å²) in [6.07, 6.45) is 7.57. The number of aromatic amines is 2. The Morgan fingerprint density at radius 2 is 1.33 bits per heavy atom. The van der Waals surface area contributed by atoms with Gasteiger partial charge in [-0.05, 0) is 36.1 Å². The molecule has 5 rings (SSSR count). The third-order valence-corrected chi connectivity index (χ3v) is 5.29. The van der Waals surface area contributed by atoms with E-state index in [0.717, 1.165) is 42.8 Å². The van der Waals surface area contributed by atoms with Gasteiger partial charge in [0, 0.05) is 47.3 Å². The fourth-order valence-electron chi connectivity index (χ4n) is 3.77. The highest BCUT2D eigenvalue weighted by Crippen LogP contribution is 2.19. The van der Waals surface area contributed by atoms with Gasteiger partial charge in [0.15, 0.2) is 5.82 Å². The van der Waals surface area contributed by atoms with Crippen LogP contribution in [0.5, 0.6) is 0 Å². The van der Waals surface area contributed by atoms with Crippen molar-refractivity contribution in [3.63, 3.8) is 0 Å². The number of fused-ring (bicyclic) bond motifs is 2. The van der Waals surface area contributed by atoms with E-state index in [0.29, 0.717) is 5.95 Å². The molecule has 7 nitrogen and oxygen atoms in total. The third kappa shape index (κ3) is 3.82. The first kappa shape index (κ1) is 18.2. The minimum absolute atomic E-state index is 0.534. The van der Waals surface area contributed by atoms with Gasteiger partial charge in [0.1, 0.15) is 0 Å². The second kappa shape index (κ2) is 8.24. The second-order valence-electron chi connectivity index (χ2n) is 7.24. The van der Waals surface area contributed by atoms with Gasteiger partial charge in [-0.15, -0.1) is 5.10 Å². The summed E-state index contributed by atoms with van der Waals surface area (Å²) in [6, 6.07) is 16.7. The van der Waals surface area contributed by atoms with E-state index in [2.05, 4.69) is 84.6 Å². The Bertz CT molecular complexity index is 1180. The maximum absolute atomic E-state index is 4.52. The molecular weight excluding hydrogens is 374 g/mol. The van der Waals surface area contributed by atoms with E-state index in [1.807, 2.05) is 12.1 Å². The van der Waals surface area contributed by atoms with Crippen LogP contribution in [0.25, 0.3) is 21.8 Å². The highest BCUT2D eigenvalue weighted by molar-refractivity contribution is 5.83. The van der Waals surface area contributed by atoms with E-state index in [-0.39, 0.29) is 0 Å². The average molecular weight is 397 g/mol. The molecule has 4 N–H and O–H groups in total. The largest absolute Gasteiger partial charge is 0.368 e. The SMILES string of the molecule is c1ccc2c(CCNc3cnnc(NCCc4c[nH]c5ccccc45)n3)c[nH]c2c1. The summed E-state index contributed by atoms with van der Waals surface area (Å²) in [6.45, 7) is 1.51. The average Bonchev–Trinajstić information content (AvgIpc) is 3.39. The fraction of sp³-hybridized carbons (Fsp3) is 0.174. The van der Waals surface area contributed by atoms with Crippen LogP contribution >= 0.6 is 0 Å². The Morgan fingerprint density at radius 1 is 0.733 bits per heavy atom. The van der Waals surface area contributed by atoms with Crippen molar-refractivity contribution in [1.29, 1.82) is 0 Å². The Labute approximate surface area is 174 Å². The molecule has 0 fully saturated rings. The highest BCUT2D eigenvalue weighted by atomic mass is 15.3. The van der Waals surface area contributed by atoms with Crippen LogP contribution in [0.3, 0.4) is 0 Å². The highest BCUT2D eigenvalue weighted by Gasteiger charge is 2.05. The quantitative estimate of drug-likeness (QED) is 0.316. The van der Waals surface area contributed by atoms with Gasteiger partial charge in [0.05, 0.1) is 6.20 Å². The molecule has 0 aliphatic rings. The summed E-state index contributed by atoms with van der Waals surface area (Å²) in [5.41, 5.74) is 4.89. The van der Waals surface area contributed by atoms with E-state index >= 15 is 0 Å². The van der Waals surface area contributed by atoms with Crippen molar-refractivity contribution >= 4 is 33.6 Å². The lowest BCUT2D eigenvalue weighted by Gasteiger charge is -2.07. The van der Waals surface area contributed by atoms with Crippen molar-refractivity contribution in [2.24, 2.45) is 0 Å². The molecule has 30 heavy (non-hydrogen) atoms. The van der Waals surface area contributed by atoms with Crippen molar-refractivity contribution in [2.75, 3.05) is 23.7 Å². The number of nitrogens with zero attached hydrogens (tertiary/aromatic N) is 3. The first-order valence-corrected chi connectivity index (χ1v) is 10.1. The van der Waals surface area contributed by atoms with E-state index in [1.165, 1.54) is 21.9 Å². The monoisotopic (exact) mass is 397 g/mol. The van der Waals surface area contributed by atoms with Gasteiger partial charge in [-0.2, -0.15) is 10.1 Å². The molecule has 0 amide bonds. The standard InChI is InChI=1S/C23H23N7/c1-3-7-20-18(5-1)16(13-26-20)9-11-24-22-15-28-30-23(29-22)25-12-10-17-14-27-21-8-4-2-6-19(17)21/h1-8,13-15,26-27H,9-12H2,(H2,24,25,29,30). The lowest BCUT2D eigenvalue weighted by molar-refractivity contribution is 0.918. The molecule has 7 heteroatoms. The van der Waals surface area contributed by atoms with Gasteiger partial charge in [-0.3, -0.25) is 0 Å². The van der Waals surface area contributed by atoms with Crippen LogP contribution in [-0.4, -0.2) is 38.2 Å². The molecule has 150 valence electrons. The number of benzene rings is 2. The molecule has 0 saturated heterocycles. The van der Waals surface area contributed by atoms with Crippen LogP contribution in [0.15, 0.2) is 67.1 Å². The zero-order chi connectivity index (χ0) is 20.2. The molecule has 0 saturated carbocycles. The van der Waals surface area contributed by atoms with E-state index < -0.39 is 0 Å². The number of rotatable bonds is 8. The number of aromatic nitrogens is 5. The predicted molar refractivity (Wildman–Crippen MR) is 121 cm³/mol. The van der Waals surface area contributed by atoms with Crippen LogP contribution in [-0.2, 0) is 12.8 Å². The molecule has 0 atom stereocenters. The van der Waals surface area contributed by atoms with Gasteiger partial charge in [0.25, 0.3) is 0 Å². The van der Waals surface area contributed by atoms with Crippen LogP contribution in [0, 0.1) is 0 Å². The molecule has 3 aromatic heterocycles. The van der Waals surface area contributed by atoms with Crippen molar-refractivity contribution in [2.45, 2.75) is 12.8 Å². The number of anilines is 2. The van der Waals surface area contributed by atoms with Gasteiger partial charge in [-0.1, -0.05) is 36.4 Å².